The molecule has 62 valence electrons. The van der Waals surface area contributed by atoms with Gasteiger partial charge in [0.15, 0.2) is 0 Å². The zero-order valence-electron chi connectivity index (χ0n) is 5.77. The lowest BCUT2D eigenvalue weighted by atomic mass is 10.6. The van der Waals surface area contributed by atoms with Crippen LogP contribution in [-0.2, 0) is 17.8 Å². The second-order valence-corrected chi connectivity index (χ2v) is 2.66. The standard InChI is InChI=1S/C5H9N3O2S/c9-11(10)7-3-5-8-4-1-2-6-8/h1-2,4,7H,3,5H2,(H,9,10)/p-1. The van der Waals surface area contributed by atoms with Crippen molar-refractivity contribution in [2.45, 2.75) is 6.54 Å². The Morgan fingerprint density at radius 1 is 1.73 bits per heavy atom. The first-order valence-corrected chi connectivity index (χ1v) is 4.17. The molecule has 5 nitrogen and oxygen atoms in total. The van der Waals surface area contributed by atoms with Gasteiger partial charge in [0.2, 0.25) is 0 Å². The molecule has 1 rings (SSSR count). The maximum absolute atomic E-state index is 9.99. The van der Waals surface area contributed by atoms with Crippen molar-refractivity contribution in [3.63, 3.8) is 0 Å². The molecule has 1 heterocycles. The van der Waals surface area contributed by atoms with E-state index in [1.165, 1.54) is 0 Å². The Bertz CT molecular complexity index is 224. The Hall–Kier alpha value is -0.720. The van der Waals surface area contributed by atoms with E-state index in [4.69, 9.17) is 0 Å². The van der Waals surface area contributed by atoms with Crippen LogP contribution in [0.15, 0.2) is 18.5 Å². The van der Waals surface area contributed by atoms with Crippen LogP contribution in [0.4, 0.5) is 0 Å². The van der Waals surface area contributed by atoms with Crippen molar-refractivity contribution in [2.24, 2.45) is 0 Å². The lowest BCUT2D eigenvalue weighted by molar-refractivity contribution is 0.513. The fourth-order valence-electron chi connectivity index (χ4n) is 0.676. The summed E-state index contributed by atoms with van der Waals surface area (Å²) in [7, 11) is 0. The zero-order valence-corrected chi connectivity index (χ0v) is 6.58. The van der Waals surface area contributed by atoms with Crippen LogP contribution >= 0.6 is 0 Å². The van der Waals surface area contributed by atoms with E-state index in [9.17, 15) is 8.76 Å². The second-order valence-electron chi connectivity index (χ2n) is 1.90. The van der Waals surface area contributed by atoms with Crippen LogP contribution in [0.1, 0.15) is 0 Å². The molecule has 1 unspecified atom stereocenters. The van der Waals surface area contributed by atoms with Gasteiger partial charge in [-0.1, -0.05) is 0 Å². The van der Waals surface area contributed by atoms with E-state index in [0.717, 1.165) is 0 Å². The Morgan fingerprint density at radius 2 is 2.55 bits per heavy atom. The summed E-state index contributed by atoms with van der Waals surface area (Å²) in [4.78, 5) is 0. The number of hydrogen-bond donors (Lipinski definition) is 1. The molecule has 0 aliphatic rings. The summed E-state index contributed by atoms with van der Waals surface area (Å²) >= 11 is -2.17. The normalized spacial score (nSPS) is 13.2. The van der Waals surface area contributed by atoms with Gasteiger partial charge in [-0.3, -0.25) is 8.89 Å². The van der Waals surface area contributed by atoms with Gasteiger partial charge in [-0.15, -0.1) is 0 Å². The molecular formula is C5H8N3O2S-. The lowest BCUT2D eigenvalue weighted by Crippen LogP contribution is -2.21. The van der Waals surface area contributed by atoms with Gasteiger partial charge in [0.05, 0.1) is 6.54 Å². The van der Waals surface area contributed by atoms with E-state index >= 15 is 0 Å². The minimum absolute atomic E-state index is 0.373. The highest BCUT2D eigenvalue weighted by molar-refractivity contribution is 7.77. The Labute approximate surface area is 66.8 Å². The van der Waals surface area contributed by atoms with E-state index in [1.807, 2.05) is 0 Å². The van der Waals surface area contributed by atoms with Crippen LogP contribution < -0.4 is 4.72 Å². The van der Waals surface area contributed by atoms with Crippen molar-refractivity contribution in [1.82, 2.24) is 14.5 Å². The Kier molecular flexibility index (Phi) is 3.21. The predicted octanol–water partition coefficient (Wildman–Crippen LogP) is -0.733. The maximum Gasteiger partial charge on any atom is 0.0543 e. The van der Waals surface area contributed by atoms with Crippen molar-refractivity contribution >= 4 is 11.3 Å². The molecule has 1 aromatic heterocycles. The highest BCUT2D eigenvalue weighted by Crippen LogP contribution is 1.82. The van der Waals surface area contributed by atoms with Crippen molar-refractivity contribution < 1.29 is 8.76 Å². The van der Waals surface area contributed by atoms with Crippen LogP contribution in [0.5, 0.6) is 0 Å². The highest BCUT2D eigenvalue weighted by atomic mass is 32.2. The molecule has 1 atom stereocenters. The van der Waals surface area contributed by atoms with Crippen LogP contribution in [0.2, 0.25) is 0 Å². The van der Waals surface area contributed by atoms with E-state index in [-0.39, 0.29) is 0 Å². The molecule has 0 amide bonds. The van der Waals surface area contributed by atoms with Crippen molar-refractivity contribution in [1.29, 1.82) is 0 Å². The summed E-state index contributed by atoms with van der Waals surface area (Å²) < 4.78 is 23.9. The zero-order chi connectivity index (χ0) is 8.10. The molecule has 1 aromatic rings. The van der Waals surface area contributed by atoms with E-state index in [0.29, 0.717) is 13.1 Å². The molecular weight excluding hydrogens is 166 g/mol. The van der Waals surface area contributed by atoms with Crippen molar-refractivity contribution in [2.75, 3.05) is 6.54 Å². The molecule has 0 radical (unpaired) electrons. The molecule has 0 aliphatic carbocycles. The fourth-order valence-corrected chi connectivity index (χ4v) is 0.934. The smallest absolute Gasteiger partial charge is 0.0543 e. The van der Waals surface area contributed by atoms with E-state index < -0.39 is 11.3 Å². The van der Waals surface area contributed by atoms with Gasteiger partial charge in [0.1, 0.15) is 0 Å². The number of nitrogens with one attached hydrogen (secondary N) is 1. The van der Waals surface area contributed by atoms with Gasteiger partial charge in [-0.2, -0.15) is 5.10 Å². The average molecular weight is 174 g/mol. The van der Waals surface area contributed by atoms with Gasteiger partial charge >= 0.3 is 0 Å². The monoisotopic (exact) mass is 174 g/mol. The summed E-state index contributed by atoms with van der Waals surface area (Å²) in [6.45, 7) is 0.929. The Balaban J connectivity index is 2.19. The van der Waals surface area contributed by atoms with Crippen LogP contribution in [0.3, 0.4) is 0 Å². The maximum atomic E-state index is 9.99. The van der Waals surface area contributed by atoms with Crippen LogP contribution in [-0.4, -0.2) is 25.1 Å². The first-order chi connectivity index (χ1) is 5.29. The second kappa shape index (κ2) is 4.22. The van der Waals surface area contributed by atoms with Gasteiger partial charge in [-0.25, -0.2) is 4.72 Å². The molecule has 0 aliphatic heterocycles. The lowest BCUT2D eigenvalue weighted by Gasteiger charge is -2.06. The summed E-state index contributed by atoms with van der Waals surface area (Å²) in [5, 5.41) is 3.89. The predicted molar refractivity (Wildman–Crippen MR) is 39.1 cm³/mol. The SMILES string of the molecule is O=S([O-])NCCn1cccn1. The van der Waals surface area contributed by atoms with Crippen LogP contribution in [0.25, 0.3) is 0 Å². The first-order valence-electron chi connectivity index (χ1n) is 3.09. The highest BCUT2D eigenvalue weighted by Gasteiger charge is 1.88. The van der Waals surface area contributed by atoms with Gasteiger partial charge in [0.25, 0.3) is 0 Å². The van der Waals surface area contributed by atoms with Crippen molar-refractivity contribution in [3.8, 4) is 0 Å². The first kappa shape index (κ1) is 8.38. The minimum Gasteiger partial charge on any atom is -0.760 e. The third-order valence-electron chi connectivity index (χ3n) is 1.12. The van der Waals surface area contributed by atoms with Crippen molar-refractivity contribution in [3.05, 3.63) is 18.5 Å². The quantitative estimate of drug-likeness (QED) is 0.611. The number of nitrogens with zero attached hydrogens (tertiary/aromatic N) is 2. The summed E-state index contributed by atoms with van der Waals surface area (Å²) in [5.74, 6) is 0. The van der Waals surface area contributed by atoms with Gasteiger partial charge < -0.3 is 4.55 Å². The summed E-state index contributed by atoms with van der Waals surface area (Å²) in [5.41, 5.74) is 0. The molecule has 0 fully saturated rings. The molecule has 0 spiro atoms. The topological polar surface area (TPSA) is 70.0 Å². The molecule has 1 N–H and O–H groups in total. The number of aromatic nitrogens is 2. The third-order valence-corrected chi connectivity index (χ3v) is 1.56. The molecule has 0 saturated carbocycles. The largest absolute Gasteiger partial charge is 0.760 e. The summed E-state index contributed by atoms with van der Waals surface area (Å²) in [6, 6.07) is 1.79. The summed E-state index contributed by atoms with van der Waals surface area (Å²) in [6.07, 6.45) is 3.42. The van der Waals surface area contributed by atoms with Crippen LogP contribution in [0, 0.1) is 0 Å². The van der Waals surface area contributed by atoms with Gasteiger partial charge in [-0.05, 0) is 6.07 Å². The van der Waals surface area contributed by atoms with Gasteiger partial charge in [0, 0.05) is 30.2 Å². The Morgan fingerprint density at radius 3 is 3.09 bits per heavy atom. The molecule has 0 aromatic carbocycles. The molecule has 0 saturated heterocycles. The molecule has 11 heavy (non-hydrogen) atoms. The minimum atomic E-state index is -2.17. The van der Waals surface area contributed by atoms with E-state index in [1.54, 1.807) is 23.1 Å². The molecule has 0 bridgehead atoms. The van der Waals surface area contributed by atoms with E-state index in [2.05, 4.69) is 9.82 Å². The third kappa shape index (κ3) is 3.26. The molecule has 6 heteroatoms. The number of rotatable bonds is 4. The average Bonchev–Trinajstić information content (AvgIpc) is 2.39. The number of hydrogen-bond acceptors (Lipinski definition) is 3. The fraction of sp³-hybridized carbons (Fsp3) is 0.400.